The molecule has 10 nitrogen and oxygen atoms in total. The second kappa shape index (κ2) is 10.4. The first-order valence-corrected chi connectivity index (χ1v) is 15.5. The maximum absolute atomic E-state index is 13.2. The predicted octanol–water partition coefficient (Wildman–Crippen LogP) is 1.48. The monoisotopic (exact) mass is 525 g/mol. The molecule has 5 aliphatic rings. The Morgan fingerprint density at radius 1 is 1.03 bits per heavy atom. The average Bonchev–Trinajstić information content (AvgIpc) is 3.47. The third-order valence-corrected chi connectivity index (χ3v) is 10.7. The van der Waals surface area contributed by atoms with E-state index in [9.17, 15) is 18.0 Å². The zero-order valence-corrected chi connectivity index (χ0v) is 22.8. The number of hydrazine groups is 1. The van der Waals surface area contributed by atoms with Gasteiger partial charge in [-0.05, 0) is 71.1 Å². The molecule has 5 rings (SSSR count). The predicted molar refractivity (Wildman–Crippen MR) is 135 cm³/mol. The van der Waals surface area contributed by atoms with Crippen molar-refractivity contribution < 1.29 is 22.7 Å². The van der Waals surface area contributed by atoms with E-state index in [4.69, 9.17) is 4.74 Å². The number of hydrogen-bond donors (Lipinski definition) is 1. The first-order chi connectivity index (χ1) is 17.1. The van der Waals surface area contributed by atoms with E-state index in [1.54, 1.807) is 4.31 Å². The van der Waals surface area contributed by atoms with Crippen molar-refractivity contribution in [1.29, 1.82) is 0 Å². The van der Waals surface area contributed by atoms with Crippen LogP contribution in [0.15, 0.2) is 0 Å². The molecule has 5 fully saturated rings. The fourth-order valence-corrected chi connectivity index (χ4v) is 8.32. The van der Waals surface area contributed by atoms with Gasteiger partial charge in [0.25, 0.3) is 0 Å². The first-order valence-electron chi connectivity index (χ1n) is 13.9. The molecule has 204 valence electrons. The number of amides is 2. The van der Waals surface area contributed by atoms with Crippen molar-refractivity contribution in [2.24, 2.45) is 17.8 Å². The van der Waals surface area contributed by atoms with Crippen molar-refractivity contribution in [3.63, 3.8) is 0 Å². The van der Waals surface area contributed by atoms with Crippen molar-refractivity contribution in [3.8, 4) is 0 Å². The number of rotatable bonds is 6. The summed E-state index contributed by atoms with van der Waals surface area (Å²) in [4.78, 5) is 30.3. The zero-order valence-electron chi connectivity index (χ0n) is 22.0. The smallest absolute Gasteiger partial charge is 0.410 e. The molecular weight excluding hydrogens is 482 g/mol. The second-order valence-electron chi connectivity index (χ2n) is 11.8. The number of hydrogen-bond acceptors (Lipinski definition) is 7. The molecule has 0 spiro atoms. The van der Waals surface area contributed by atoms with Crippen molar-refractivity contribution in [3.05, 3.63) is 0 Å². The highest BCUT2D eigenvalue weighted by atomic mass is 32.2. The standard InChI is InChI=1S/C25H43N5O5S/c1-17(2)35-25(32)29-15-18(3)30(24(31)19-5-6-19)22-8-7-20(13-23(22)29)21-14-26-27(16-21)10-11-28-9-4-12-36(28,33)34/h17-23,26H,4-16H2,1-3H3/t18-,20?,21?,22?,23?/m0/s1. The van der Waals surface area contributed by atoms with Crippen LogP contribution in [-0.2, 0) is 19.6 Å². The van der Waals surface area contributed by atoms with Crippen molar-refractivity contribution in [2.75, 3.05) is 45.0 Å². The molecule has 3 aliphatic heterocycles. The summed E-state index contributed by atoms with van der Waals surface area (Å²) in [6, 6.07) is 0.0439. The molecular formula is C25H43N5O5S. The summed E-state index contributed by atoms with van der Waals surface area (Å²) in [6.07, 6.45) is 5.08. The molecule has 4 unspecified atom stereocenters. The van der Waals surface area contributed by atoms with E-state index in [1.165, 1.54) is 0 Å². The van der Waals surface area contributed by atoms with E-state index in [1.807, 2.05) is 18.7 Å². The molecule has 3 heterocycles. The van der Waals surface area contributed by atoms with Gasteiger partial charge in [-0.25, -0.2) is 22.5 Å². The largest absolute Gasteiger partial charge is 0.447 e. The van der Waals surface area contributed by atoms with Crippen molar-refractivity contribution >= 4 is 22.0 Å². The third-order valence-electron chi connectivity index (χ3n) is 8.79. The average molecular weight is 526 g/mol. The van der Waals surface area contributed by atoms with Gasteiger partial charge in [0.05, 0.1) is 23.9 Å². The Hall–Kier alpha value is -1.43. The van der Waals surface area contributed by atoms with Gasteiger partial charge < -0.3 is 14.5 Å². The Balaban J connectivity index is 1.24. The first kappa shape index (κ1) is 26.2. The van der Waals surface area contributed by atoms with Gasteiger partial charge in [-0.15, -0.1) is 0 Å². The molecule has 2 aliphatic carbocycles. The molecule has 5 atom stereocenters. The van der Waals surface area contributed by atoms with E-state index >= 15 is 0 Å². The Bertz CT molecular complexity index is 941. The van der Waals surface area contributed by atoms with Gasteiger partial charge in [-0.2, -0.15) is 0 Å². The lowest BCUT2D eigenvalue weighted by Gasteiger charge is -2.54. The van der Waals surface area contributed by atoms with Crippen molar-refractivity contribution in [2.45, 2.75) is 83.5 Å². The van der Waals surface area contributed by atoms with Gasteiger partial charge in [0.15, 0.2) is 0 Å². The summed E-state index contributed by atoms with van der Waals surface area (Å²) in [5, 5.41) is 2.17. The molecule has 36 heavy (non-hydrogen) atoms. The molecule has 3 saturated heterocycles. The van der Waals surface area contributed by atoms with Gasteiger partial charge in [0.1, 0.15) is 0 Å². The number of nitrogens with one attached hydrogen (secondary N) is 1. The van der Waals surface area contributed by atoms with Crippen LogP contribution in [0.3, 0.4) is 0 Å². The summed E-state index contributed by atoms with van der Waals surface area (Å²) in [7, 11) is -3.07. The quantitative estimate of drug-likeness (QED) is 0.560. The van der Waals surface area contributed by atoms with Crippen molar-refractivity contribution in [1.82, 2.24) is 24.5 Å². The topological polar surface area (TPSA) is 102 Å². The molecule has 0 aromatic carbocycles. The van der Waals surface area contributed by atoms with Crippen LogP contribution in [0.4, 0.5) is 4.79 Å². The third kappa shape index (κ3) is 5.39. The van der Waals surface area contributed by atoms with Gasteiger partial charge in [0, 0.05) is 51.2 Å². The van der Waals surface area contributed by atoms with Gasteiger partial charge in [-0.3, -0.25) is 10.2 Å². The van der Waals surface area contributed by atoms with Crippen LogP contribution in [-0.4, -0.2) is 109 Å². The van der Waals surface area contributed by atoms with Gasteiger partial charge in [-0.1, -0.05) is 0 Å². The highest BCUT2D eigenvalue weighted by molar-refractivity contribution is 7.89. The van der Waals surface area contributed by atoms with E-state index in [0.29, 0.717) is 38.0 Å². The highest BCUT2D eigenvalue weighted by Crippen LogP contribution is 2.42. The number of nitrogens with zero attached hydrogens (tertiary/aromatic N) is 4. The fourth-order valence-electron chi connectivity index (χ4n) is 6.81. The van der Waals surface area contributed by atoms with Crippen LogP contribution in [0.5, 0.6) is 0 Å². The Kier molecular flexibility index (Phi) is 7.55. The van der Waals surface area contributed by atoms with Gasteiger partial charge in [0.2, 0.25) is 15.9 Å². The van der Waals surface area contributed by atoms with Crippen LogP contribution in [0.25, 0.3) is 0 Å². The summed E-state index contributed by atoms with van der Waals surface area (Å²) in [5.74, 6) is 1.60. The summed E-state index contributed by atoms with van der Waals surface area (Å²) in [5.41, 5.74) is 3.49. The summed E-state index contributed by atoms with van der Waals surface area (Å²) in [6.45, 7) is 9.94. The lowest BCUT2D eigenvalue weighted by molar-refractivity contribution is -0.146. The minimum Gasteiger partial charge on any atom is -0.447 e. The minimum absolute atomic E-state index is 0.00103. The van der Waals surface area contributed by atoms with Crippen LogP contribution in [0.1, 0.15) is 59.3 Å². The van der Waals surface area contributed by atoms with E-state index in [-0.39, 0.29) is 47.9 Å². The maximum atomic E-state index is 13.2. The fraction of sp³-hybridized carbons (Fsp3) is 0.920. The number of piperazine rings is 1. The van der Waals surface area contributed by atoms with Crippen LogP contribution < -0.4 is 5.43 Å². The number of ether oxygens (including phenoxy) is 1. The molecule has 11 heteroatoms. The number of sulfonamides is 1. The normalized spacial score (nSPS) is 35.3. The van der Waals surface area contributed by atoms with Crippen LogP contribution >= 0.6 is 0 Å². The molecule has 0 bridgehead atoms. The Labute approximate surface area is 215 Å². The Morgan fingerprint density at radius 2 is 1.81 bits per heavy atom. The molecule has 2 saturated carbocycles. The number of carbonyl (C=O) groups is 2. The summed E-state index contributed by atoms with van der Waals surface area (Å²) >= 11 is 0. The van der Waals surface area contributed by atoms with E-state index < -0.39 is 10.0 Å². The SMILES string of the molecule is CC(C)OC(=O)N1C[C@H](C)N(C(=O)C2CC2)C2CCC(C3CNN(CCN4CCCS4(=O)=O)C3)CC21. The van der Waals surface area contributed by atoms with E-state index in [2.05, 4.69) is 22.3 Å². The summed E-state index contributed by atoms with van der Waals surface area (Å²) < 4.78 is 31.5. The molecule has 0 radical (unpaired) electrons. The van der Waals surface area contributed by atoms with E-state index in [0.717, 1.165) is 51.6 Å². The maximum Gasteiger partial charge on any atom is 0.410 e. The van der Waals surface area contributed by atoms with Crippen LogP contribution in [0, 0.1) is 17.8 Å². The molecule has 0 aromatic heterocycles. The molecule has 0 aromatic rings. The lowest BCUT2D eigenvalue weighted by Crippen LogP contribution is -2.67. The Morgan fingerprint density at radius 3 is 2.47 bits per heavy atom. The zero-order chi connectivity index (χ0) is 25.6. The molecule has 1 N–H and O–H groups in total. The molecule has 2 amide bonds. The number of fused-ring (bicyclic) bond motifs is 1. The minimum atomic E-state index is -3.07. The van der Waals surface area contributed by atoms with Gasteiger partial charge >= 0.3 is 6.09 Å². The van der Waals surface area contributed by atoms with Crippen LogP contribution in [0.2, 0.25) is 0 Å². The highest BCUT2D eigenvalue weighted by Gasteiger charge is 2.51. The number of carbonyl (C=O) groups excluding carboxylic acids is 2. The lowest BCUT2D eigenvalue weighted by atomic mass is 9.73. The second-order valence-corrected chi connectivity index (χ2v) is 13.9.